The predicted molar refractivity (Wildman–Crippen MR) is 77.2 cm³/mol. The molecule has 0 aliphatic rings. The molecule has 0 atom stereocenters. The maximum absolute atomic E-state index is 12.6. The van der Waals surface area contributed by atoms with Crippen LogP contribution in [0.2, 0.25) is 0 Å². The lowest BCUT2D eigenvalue weighted by Gasteiger charge is -2.28. The molecule has 1 rings (SSSR count). The van der Waals surface area contributed by atoms with Gasteiger partial charge in [-0.25, -0.2) is 4.98 Å². The molecule has 0 amide bonds. The SMILES string of the molecule is CC(C)N(CC(F)(F)F)c1cnc(CNC(C)(C)C)cn1. The van der Waals surface area contributed by atoms with Crippen molar-refractivity contribution in [3.8, 4) is 0 Å². The average Bonchev–Trinajstić information content (AvgIpc) is 2.32. The quantitative estimate of drug-likeness (QED) is 0.907. The van der Waals surface area contributed by atoms with E-state index in [4.69, 9.17) is 0 Å². The second-order valence-corrected chi connectivity index (χ2v) is 6.31. The molecule has 0 aliphatic carbocycles. The highest BCUT2D eigenvalue weighted by molar-refractivity contribution is 5.37. The highest BCUT2D eigenvalue weighted by Crippen LogP contribution is 2.22. The fourth-order valence-corrected chi connectivity index (χ4v) is 1.66. The van der Waals surface area contributed by atoms with E-state index in [1.807, 2.05) is 20.8 Å². The highest BCUT2D eigenvalue weighted by atomic mass is 19.4. The van der Waals surface area contributed by atoms with Crippen molar-refractivity contribution >= 4 is 5.82 Å². The van der Waals surface area contributed by atoms with Gasteiger partial charge < -0.3 is 10.2 Å². The first-order chi connectivity index (χ1) is 9.48. The Morgan fingerprint density at radius 3 is 2.14 bits per heavy atom. The van der Waals surface area contributed by atoms with E-state index >= 15 is 0 Å². The molecule has 0 bridgehead atoms. The van der Waals surface area contributed by atoms with Crippen LogP contribution in [0.4, 0.5) is 19.0 Å². The molecule has 0 saturated carbocycles. The second kappa shape index (κ2) is 6.60. The van der Waals surface area contributed by atoms with Crippen LogP contribution in [0, 0.1) is 0 Å². The molecule has 4 nitrogen and oxygen atoms in total. The van der Waals surface area contributed by atoms with Crippen LogP contribution >= 0.6 is 0 Å². The van der Waals surface area contributed by atoms with Crippen molar-refractivity contribution in [3.05, 3.63) is 18.1 Å². The largest absolute Gasteiger partial charge is 0.405 e. The van der Waals surface area contributed by atoms with E-state index in [-0.39, 0.29) is 17.4 Å². The summed E-state index contributed by atoms with van der Waals surface area (Å²) in [5.41, 5.74) is 0.644. The minimum atomic E-state index is -4.27. The molecule has 1 N–H and O–H groups in total. The number of alkyl halides is 3. The Balaban J connectivity index is 2.79. The first-order valence-corrected chi connectivity index (χ1v) is 6.87. The van der Waals surface area contributed by atoms with Crippen molar-refractivity contribution in [2.24, 2.45) is 0 Å². The van der Waals surface area contributed by atoms with Gasteiger partial charge in [0.25, 0.3) is 0 Å². The third-order valence-corrected chi connectivity index (χ3v) is 2.76. The maximum Gasteiger partial charge on any atom is 0.405 e. The van der Waals surface area contributed by atoms with Crippen LogP contribution in [0.1, 0.15) is 40.3 Å². The van der Waals surface area contributed by atoms with E-state index < -0.39 is 12.7 Å². The summed E-state index contributed by atoms with van der Waals surface area (Å²) in [5.74, 6) is 0.238. The number of rotatable bonds is 5. The molecule has 0 aliphatic heterocycles. The average molecular weight is 304 g/mol. The first-order valence-electron chi connectivity index (χ1n) is 6.87. The molecule has 0 aromatic carbocycles. The summed E-state index contributed by atoms with van der Waals surface area (Å²) in [6.45, 7) is 8.97. The summed E-state index contributed by atoms with van der Waals surface area (Å²) >= 11 is 0. The molecule has 0 radical (unpaired) electrons. The van der Waals surface area contributed by atoms with Gasteiger partial charge in [0, 0.05) is 18.1 Å². The molecule has 1 aromatic rings. The van der Waals surface area contributed by atoms with Gasteiger partial charge in [0.05, 0.1) is 18.1 Å². The van der Waals surface area contributed by atoms with Gasteiger partial charge >= 0.3 is 6.18 Å². The number of halogens is 3. The van der Waals surface area contributed by atoms with Crippen molar-refractivity contribution < 1.29 is 13.2 Å². The molecule has 21 heavy (non-hydrogen) atoms. The van der Waals surface area contributed by atoms with Crippen molar-refractivity contribution in [2.45, 2.75) is 58.9 Å². The molecule has 1 aromatic heterocycles. The van der Waals surface area contributed by atoms with Crippen LogP contribution < -0.4 is 10.2 Å². The van der Waals surface area contributed by atoms with E-state index in [1.54, 1.807) is 13.8 Å². The number of nitrogens with one attached hydrogen (secondary N) is 1. The molecule has 0 spiro atoms. The first kappa shape index (κ1) is 17.7. The van der Waals surface area contributed by atoms with Crippen molar-refractivity contribution in [3.63, 3.8) is 0 Å². The van der Waals surface area contributed by atoms with Gasteiger partial charge in [-0.05, 0) is 34.6 Å². The lowest BCUT2D eigenvalue weighted by atomic mass is 10.1. The fourth-order valence-electron chi connectivity index (χ4n) is 1.66. The Morgan fingerprint density at radius 2 is 1.76 bits per heavy atom. The maximum atomic E-state index is 12.6. The Labute approximate surface area is 123 Å². The molecule has 120 valence electrons. The predicted octanol–water partition coefficient (Wildman–Crippen LogP) is 3.14. The zero-order valence-corrected chi connectivity index (χ0v) is 13.1. The van der Waals surface area contributed by atoms with Gasteiger partial charge in [-0.2, -0.15) is 13.2 Å². The van der Waals surface area contributed by atoms with Gasteiger partial charge in [0.15, 0.2) is 0 Å². The van der Waals surface area contributed by atoms with Gasteiger partial charge in [-0.3, -0.25) is 4.98 Å². The van der Waals surface area contributed by atoms with Gasteiger partial charge in [-0.15, -0.1) is 0 Å². The summed E-state index contributed by atoms with van der Waals surface area (Å²) in [7, 11) is 0. The number of aromatic nitrogens is 2. The molecule has 0 saturated heterocycles. The summed E-state index contributed by atoms with van der Waals surface area (Å²) < 4.78 is 37.7. The minimum absolute atomic E-state index is 0.0550. The summed E-state index contributed by atoms with van der Waals surface area (Å²) in [4.78, 5) is 9.48. The molecule has 0 unspecified atom stereocenters. The molecule has 1 heterocycles. The van der Waals surface area contributed by atoms with Gasteiger partial charge in [0.1, 0.15) is 12.4 Å². The topological polar surface area (TPSA) is 41.1 Å². The Kier molecular flexibility index (Phi) is 5.55. The van der Waals surface area contributed by atoms with E-state index in [1.165, 1.54) is 17.3 Å². The van der Waals surface area contributed by atoms with Crippen molar-refractivity contribution in [1.82, 2.24) is 15.3 Å². The van der Waals surface area contributed by atoms with Crippen LogP contribution in [0.5, 0.6) is 0 Å². The van der Waals surface area contributed by atoms with E-state index in [0.717, 1.165) is 0 Å². The third-order valence-electron chi connectivity index (χ3n) is 2.76. The normalized spacial score (nSPS) is 12.8. The van der Waals surface area contributed by atoms with Gasteiger partial charge in [-0.1, -0.05) is 0 Å². The number of hydrogen-bond donors (Lipinski definition) is 1. The number of hydrogen-bond acceptors (Lipinski definition) is 4. The minimum Gasteiger partial charge on any atom is -0.344 e. The van der Waals surface area contributed by atoms with Crippen LogP contribution in [-0.4, -0.2) is 34.3 Å². The van der Waals surface area contributed by atoms with Crippen molar-refractivity contribution in [2.75, 3.05) is 11.4 Å². The van der Waals surface area contributed by atoms with Crippen LogP contribution in [0.3, 0.4) is 0 Å². The second-order valence-electron chi connectivity index (χ2n) is 6.31. The van der Waals surface area contributed by atoms with Gasteiger partial charge in [0.2, 0.25) is 0 Å². The van der Waals surface area contributed by atoms with Crippen molar-refractivity contribution in [1.29, 1.82) is 0 Å². The fraction of sp³-hybridized carbons (Fsp3) is 0.714. The molecule has 0 fully saturated rings. The van der Waals surface area contributed by atoms with E-state index in [0.29, 0.717) is 12.2 Å². The lowest BCUT2D eigenvalue weighted by molar-refractivity contribution is -0.120. The summed E-state index contributed by atoms with van der Waals surface area (Å²) in [6, 6.07) is -0.306. The third kappa shape index (κ3) is 6.75. The highest BCUT2D eigenvalue weighted by Gasteiger charge is 2.32. The number of anilines is 1. The standard InChI is InChI=1S/C14H23F3N4/c1-10(2)21(9-14(15,16)17)12-8-18-11(6-19-12)7-20-13(3,4)5/h6,8,10,20H,7,9H2,1-5H3. The van der Waals surface area contributed by atoms with E-state index in [2.05, 4.69) is 15.3 Å². The smallest absolute Gasteiger partial charge is 0.344 e. The molecule has 7 heteroatoms. The van der Waals surface area contributed by atoms with Crippen LogP contribution in [-0.2, 0) is 6.54 Å². The zero-order chi connectivity index (χ0) is 16.3. The summed E-state index contributed by atoms with van der Waals surface area (Å²) in [5, 5.41) is 3.25. The lowest BCUT2D eigenvalue weighted by Crippen LogP contribution is -2.40. The Bertz CT molecular complexity index is 435. The number of nitrogens with zero attached hydrogens (tertiary/aromatic N) is 3. The monoisotopic (exact) mass is 304 g/mol. The summed E-state index contributed by atoms with van der Waals surface area (Å²) in [6.07, 6.45) is -1.36. The molecular formula is C14H23F3N4. The molecular weight excluding hydrogens is 281 g/mol. The Morgan fingerprint density at radius 1 is 1.14 bits per heavy atom. The van der Waals surface area contributed by atoms with Crippen LogP contribution in [0.25, 0.3) is 0 Å². The Hall–Kier alpha value is -1.37. The van der Waals surface area contributed by atoms with Crippen LogP contribution in [0.15, 0.2) is 12.4 Å². The zero-order valence-electron chi connectivity index (χ0n) is 13.1. The van der Waals surface area contributed by atoms with E-state index in [9.17, 15) is 13.2 Å².